The minimum atomic E-state index is -0.439. The Bertz CT molecular complexity index is 470. The van der Waals surface area contributed by atoms with Crippen LogP contribution >= 0.6 is 0 Å². The number of hydrogen-bond acceptors (Lipinski definition) is 4. The van der Waals surface area contributed by atoms with Gasteiger partial charge in [0.1, 0.15) is 0 Å². The van der Waals surface area contributed by atoms with Crippen molar-refractivity contribution in [3.8, 4) is 0 Å². The number of benzene rings is 1. The first-order valence-electron chi connectivity index (χ1n) is 7.45. The summed E-state index contributed by atoms with van der Waals surface area (Å²) < 4.78 is 5.30. The summed E-state index contributed by atoms with van der Waals surface area (Å²) in [7, 11) is 4.00. The van der Waals surface area contributed by atoms with Crippen LogP contribution in [0.3, 0.4) is 0 Å². The van der Waals surface area contributed by atoms with Crippen LogP contribution in [0.1, 0.15) is 18.4 Å². The van der Waals surface area contributed by atoms with E-state index in [0.29, 0.717) is 19.8 Å². The molecule has 5 heteroatoms. The maximum atomic E-state index is 12.1. The maximum absolute atomic E-state index is 12.1. The highest BCUT2D eigenvalue weighted by atomic mass is 16.5. The van der Waals surface area contributed by atoms with E-state index in [4.69, 9.17) is 10.5 Å². The Morgan fingerprint density at radius 1 is 1.43 bits per heavy atom. The lowest BCUT2D eigenvalue weighted by atomic mass is 9.92. The molecule has 1 amide bonds. The van der Waals surface area contributed by atoms with Crippen LogP contribution in [0.5, 0.6) is 0 Å². The third-order valence-electron chi connectivity index (χ3n) is 3.97. The summed E-state index contributed by atoms with van der Waals surface area (Å²) in [5.74, 6) is 0.156. The number of ether oxygens (including phenoxy) is 1. The summed E-state index contributed by atoms with van der Waals surface area (Å²) >= 11 is 0. The average molecular weight is 291 g/mol. The van der Waals surface area contributed by atoms with Gasteiger partial charge < -0.3 is 20.7 Å². The second-order valence-corrected chi connectivity index (χ2v) is 5.76. The van der Waals surface area contributed by atoms with Crippen molar-refractivity contribution in [1.82, 2.24) is 5.32 Å². The largest absolute Gasteiger partial charge is 0.381 e. The van der Waals surface area contributed by atoms with E-state index in [1.54, 1.807) is 0 Å². The molecule has 1 fully saturated rings. The van der Waals surface area contributed by atoms with Gasteiger partial charge in [-0.3, -0.25) is 4.79 Å². The monoisotopic (exact) mass is 291 g/mol. The number of amides is 1. The zero-order valence-corrected chi connectivity index (χ0v) is 12.8. The second kappa shape index (κ2) is 7.43. The van der Waals surface area contributed by atoms with Gasteiger partial charge in [-0.25, -0.2) is 0 Å². The molecular formula is C16H25N3O2. The Labute approximate surface area is 126 Å². The minimum absolute atomic E-state index is 0.0721. The lowest BCUT2D eigenvalue weighted by molar-refractivity contribution is -0.124. The minimum Gasteiger partial charge on any atom is -0.381 e. The fraction of sp³-hybridized carbons (Fsp3) is 0.562. The highest BCUT2D eigenvalue weighted by Crippen LogP contribution is 2.18. The van der Waals surface area contributed by atoms with E-state index in [2.05, 4.69) is 11.4 Å². The van der Waals surface area contributed by atoms with E-state index in [9.17, 15) is 4.79 Å². The van der Waals surface area contributed by atoms with Crippen molar-refractivity contribution in [3.05, 3.63) is 29.8 Å². The average Bonchev–Trinajstić information content (AvgIpc) is 2.53. The number of nitrogens with zero attached hydrogens (tertiary/aromatic N) is 1. The predicted octanol–water partition coefficient (Wildman–Crippen LogP) is 1.12. The first kappa shape index (κ1) is 15.8. The van der Waals surface area contributed by atoms with E-state index in [0.717, 1.165) is 24.1 Å². The molecule has 0 radical (unpaired) electrons. The number of anilines is 1. The van der Waals surface area contributed by atoms with Crippen LogP contribution in [0.4, 0.5) is 5.69 Å². The van der Waals surface area contributed by atoms with Crippen LogP contribution in [0.15, 0.2) is 24.3 Å². The molecule has 0 bridgehead atoms. The number of carbonyl (C=O) groups is 1. The molecule has 2 rings (SSSR count). The molecule has 0 spiro atoms. The molecule has 0 aliphatic carbocycles. The molecule has 1 saturated heterocycles. The topological polar surface area (TPSA) is 67.6 Å². The number of nitrogens with one attached hydrogen (secondary N) is 1. The van der Waals surface area contributed by atoms with E-state index in [-0.39, 0.29) is 11.8 Å². The van der Waals surface area contributed by atoms with Gasteiger partial charge in [-0.05, 0) is 36.5 Å². The summed E-state index contributed by atoms with van der Waals surface area (Å²) in [5.41, 5.74) is 8.26. The van der Waals surface area contributed by atoms with Crippen molar-refractivity contribution < 1.29 is 9.53 Å². The summed E-state index contributed by atoms with van der Waals surface area (Å²) in [4.78, 5) is 14.2. The number of rotatable bonds is 5. The number of carbonyl (C=O) groups excluding carboxylic acids is 1. The van der Waals surface area contributed by atoms with Gasteiger partial charge in [0.2, 0.25) is 5.91 Å². The fourth-order valence-electron chi connectivity index (χ4n) is 2.54. The highest BCUT2D eigenvalue weighted by Gasteiger charge is 2.26. The van der Waals surface area contributed by atoms with E-state index < -0.39 is 6.04 Å². The van der Waals surface area contributed by atoms with Gasteiger partial charge in [-0.1, -0.05) is 12.1 Å². The first-order valence-corrected chi connectivity index (χ1v) is 7.45. The predicted molar refractivity (Wildman–Crippen MR) is 84.1 cm³/mol. The second-order valence-electron chi connectivity index (χ2n) is 5.76. The van der Waals surface area contributed by atoms with Crippen LogP contribution in [-0.2, 0) is 16.1 Å². The molecule has 1 aromatic rings. The molecule has 116 valence electrons. The summed E-state index contributed by atoms with van der Waals surface area (Å²) in [5, 5.41) is 2.94. The zero-order chi connectivity index (χ0) is 15.2. The fourth-order valence-corrected chi connectivity index (χ4v) is 2.54. The molecule has 21 heavy (non-hydrogen) atoms. The van der Waals surface area contributed by atoms with Gasteiger partial charge in [0, 0.05) is 39.5 Å². The molecule has 1 aromatic carbocycles. The SMILES string of the molecule is CN(C)c1cccc(CNC(=O)C(N)C2CCOCC2)c1. The van der Waals surface area contributed by atoms with Crippen LogP contribution < -0.4 is 16.0 Å². The van der Waals surface area contributed by atoms with Gasteiger partial charge in [0.15, 0.2) is 0 Å². The number of nitrogens with two attached hydrogens (primary N) is 1. The Hall–Kier alpha value is -1.59. The van der Waals surface area contributed by atoms with Crippen molar-refractivity contribution in [2.24, 2.45) is 11.7 Å². The van der Waals surface area contributed by atoms with Crippen molar-refractivity contribution in [2.45, 2.75) is 25.4 Å². The summed E-state index contributed by atoms with van der Waals surface area (Å²) in [6, 6.07) is 7.67. The molecule has 1 heterocycles. The summed E-state index contributed by atoms with van der Waals surface area (Å²) in [6.07, 6.45) is 1.73. The van der Waals surface area contributed by atoms with Crippen molar-refractivity contribution in [2.75, 3.05) is 32.2 Å². The highest BCUT2D eigenvalue weighted by molar-refractivity contribution is 5.81. The molecule has 1 unspecified atom stereocenters. The Morgan fingerprint density at radius 2 is 2.14 bits per heavy atom. The molecule has 5 nitrogen and oxygen atoms in total. The van der Waals surface area contributed by atoms with E-state index in [1.807, 2.05) is 37.2 Å². The molecule has 0 saturated carbocycles. The Kier molecular flexibility index (Phi) is 5.59. The van der Waals surface area contributed by atoms with E-state index >= 15 is 0 Å². The maximum Gasteiger partial charge on any atom is 0.237 e. The van der Waals surface area contributed by atoms with Crippen molar-refractivity contribution in [3.63, 3.8) is 0 Å². The lowest BCUT2D eigenvalue weighted by Gasteiger charge is -2.26. The normalized spacial score (nSPS) is 17.3. The number of hydrogen-bond donors (Lipinski definition) is 2. The standard InChI is InChI=1S/C16H25N3O2/c1-19(2)14-5-3-4-12(10-14)11-18-16(20)15(17)13-6-8-21-9-7-13/h3-5,10,13,15H,6-9,11,17H2,1-2H3,(H,18,20). The first-order chi connectivity index (χ1) is 10.1. The molecule has 0 aromatic heterocycles. The molecule has 1 atom stereocenters. The smallest absolute Gasteiger partial charge is 0.237 e. The van der Waals surface area contributed by atoms with Gasteiger partial charge in [0.05, 0.1) is 6.04 Å². The van der Waals surface area contributed by atoms with Gasteiger partial charge in [-0.15, -0.1) is 0 Å². The third kappa shape index (κ3) is 4.44. The Balaban J connectivity index is 1.86. The van der Waals surface area contributed by atoms with Gasteiger partial charge in [-0.2, -0.15) is 0 Å². The third-order valence-corrected chi connectivity index (χ3v) is 3.97. The summed E-state index contributed by atoms with van der Waals surface area (Å²) in [6.45, 7) is 1.92. The quantitative estimate of drug-likeness (QED) is 0.853. The molecule has 1 aliphatic heterocycles. The molecular weight excluding hydrogens is 266 g/mol. The van der Waals surface area contributed by atoms with Gasteiger partial charge in [0.25, 0.3) is 0 Å². The van der Waals surface area contributed by atoms with Crippen molar-refractivity contribution in [1.29, 1.82) is 0 Å². The van der Waals surface area contributed by atoms with Crippen LogP contribution in [0.25, 0.3) is 0 Å². The van der Waals surface area contributed by atoms with Crippen LogP contribution in [0.2, 0.25) is 0 Å². The van der Waals surface area contributed by atoms with Crippen LogP contribution in [0, 0.1) is 5.92 Å². The molecule has 1 aliphatic rings. The lowest BCUT2D eigenvalue weighted by Crippen LogP contribution is -2.46. The van der Waals surface area contributed by atoms with Gasteiger partial charge >= 0.3 is 0 Å². The van der Waals surface area contributed by atoms with Crippen molar-refractivity contribution >= 4 is 11.6 Å². The molecule has 3 N–H and O–H groups in total. The van der Waals surface area contributed by atoms with E-state index in [1.165, 1.54) is 0 Å². The Morgan fingerprint density at radius 3 is 2.81 bits per heavy atom. The zero-order valence-electron chi connectivity index (χ0n) is 12.8. The van der Waals surface area contributed by atoms with Crippen LogP contribution in [-0.4, -0.2) is 39.3 Å².